The molecule has 2 rings (SSSR count). The van der Waals surface area contributed by atoms with Crippen molar-refractivity contribution in [3.8, 4) is 22.8 Å². The van der Waals surface area contributed by atoms with Gasteiger partial charge in [0.25, 0.3) is 0 Å². The summed E-state index contributed by atoms with van der Waals surface area (Å²) < 4.78 is 15.7. The highest BCUT2D eigenvalue weighted by molar-refractivity contribution is 7.98. The molecule has 0 amide bonds. The molecule has 0 aliphatic carbocycles. The molecule has 0 saturated carbocycles. The van der Waals surface area contributed by atoms with E-state index in [0.29, 0.717) is 22.8 Å². The second kappa shape index (κ2) is 5.87. The number of carbonyl (C=O) groups is 1. The number of aromatic carboxylic acids is 1. The number of carboxylic acid groups (broad SMARTS) is 1. The third-order valence-corrected chi connectivity index (χ3v) is 3.46. The van der Waals surface area contributed by atoms with E-state index in [1.165, 1.54) is 24.9 Å². The van der Waals surface area contributed by atoms with Crippen LogP contribution in [0, 0.1) is 0 Å². The number of aromatic nitrogens is 1. The molecule has 0 aliphatic rings. The average molecular weight is 295 g/mol. The van der Waals surface area contributed by atoms with Crippen LogP contribution in [0.25, 0.3) is 11.3 Å². The van der Waals surface area contributed by atoms with Gasteiger partial charge >= 0.3 is 5.97 Å². The average Bonchev–Trinajstić information content (AvgIpc) is 2.95. The van der Waals surface area contributed by atoms with Crippen LogP contribution in [0.2, 0.25) is 0 Å². The number of rotatable bonds is 5. The van der Waals surface area contributed by atoms with Gasteiger partial charge < -0.3 is 19.1 Å². The van der Waals surface area contributed by atoms with Crippen molar-refractivity contribution in [3.05, 3.63) is 23.9 Å². The van der Waals surface area contributed by atoms with E-state index in [-0.39, 0.29) is 5.69 Å². The lowest BCUT2D eigenvalue weighted by atomic mass is 10.1. The van der Waals surface area contributed by atoms with Crippen LogP contribution >= 0.6 is 11.8 Å². The van der Waals surface area contributed by atoms with Crippen LogP contribution in [-0.4, -0.2) is 36.7 Å². The minimum atomic E-state index is -1.15. The van der Waals surface area contributed by atoms with Crippen molar-refractivity contribution >= 4 is 17.7 Å². The zero-order chi connectivity index (χ0) is 14.7. The normalized spacial score (nSPS) is 10.3. The summed E-state index contributed by atoms with van der Waals surface area (Å²) in [5.41, 5.74) is 0.428. The summed E-state index contributed by atoms with van der Waals surface area (Å²) in [6.07, 6.45) is 1.92. The fourth-order valence-corrected chi connectivity index (χ4v) is 2.29. The van der Waals surface area contributed by atoms with Crippen LogP contribution in [0.1, 0.15) is 10.5 Å². The summed E-state index contributed by atoms with van der Waals surface area (Å²) in [6, 6.07) is 4.89. The van der Waals surface area contributed by atoms with Gasteiger partial charge in [0.1, 0.15) is 11.5 Å². The topological polar surface area (TPSA) is 81.8 Å². The number of nitrogens with zero attached hydrogens (tertiary/aromatic N) is 1. The van der Waals surface area contributed by atoms with E-state index in [1.54, 1.807) is 13.2 Å². The van der Waals surface area contributed by atoms with E-state index < -0.39 is 5.97 Å². The van der Waals surface area contributed by atoms with E-state index in [1.807, 2.05) is 12.3 Å². The third-order valence-electron chi connectivity index (χ3n) is 2.70. The Hall–Kier alpha value is -2.15. The maximum absolute atomic E-state index is 10.8. The smallest absolute Gasteiger partial charge is 0.358 e. The van der Waals surface area contributed by atoms with Crippen molar-refractivity contribution in [1.29, 1.82) is 0 Å². The molecular weight excluding hydrogens is 282 g/mol. The summed E-state index contributed by atoms with van der Waals surface area (Å²) in [6.45, 7) is 0. The van der Waals surface area contributed by atoms with Crippen LogP contribution in [0.4, 0.5) is 0 Å². The first kappa shape index (κ1) is 14.3. The summed E-state index contributed by atoms with van der Waals surface area (Å²) >= 11 is 1.52. The molecule has 6 nitrogen and oxygen atoms in total. The predicted octanol–water partition coefficient (Wildman–Crippen LogP) is 2.78. The lowest BCUT2D eigenvalue weighted by Gasteiger charge is -2.11. The summed E-state index contributed by atoms with van der Waals surface area (Å²) in [5.74, 6) is 0.377. The molecule has 20 heavy (non-hydrogen) atoms. The molecule has 0 unspecified atom stereocenters. The van der Waals surface area contributed by atoms with Gasteiger partial charge in [-0.3, -0.25) is 0 Å². The number of carboxylic acids is 1. The summed E-state index contributed by atoms with van der Waals surface area (Å²) in [4.78, 5) is 11.8. The van der Waals surface area contributed by atoms with Crippen molar-refractivity contribution in [2.24, 2.45) is 0 Å². The highest BCUT2D eigenvalue weighted by atomic mass is 32.2. The first-order valence-corrected chi connectivity index (χ1v) is 6.83. The number of methoxy groups -OCH3 is 2. The highest BCUT2D eigenvalue weighted by Crippen LogP contribution is 2.39. The van der Waals surface area contributed by atoms with Gasteiger partial charge in [0.05, 0.1) is 24.7 Å². The van der Waals surface area contributed by atoms with Gasteiger partial charge in [-0.1, -0.05) is 5.16 Å². The zero-order valence-corrected chi connectivity index (χ0v) is 12.0. The second-order valence-corrected chi connectivity index (χ2v) is 4.64. The fourth-order valence-electron chi connectivity index (χ4n) is 1.72. The van der Waals surface area contributed by atoms with Crippen LogP contribution in [0.15, 0.2) is 27.6 Å². The predicted molar refractivity (Wildman–Crippen MR) is 73.8 cm³/mol. The van der Waals surface area contributed by atoms with E-state index >= 15 is 0 Å². The van der Waals surface area contributed by atoms with Gasteiger partial charge in [-0.25, -0.2) is 4.79 Å². The molecule has 1 heterocycles. The molecule has 1 N–H and O–H groups in total. The maximum Gasteiger partial charge on any atom is 0.358 e. The molecule has 106 valence electrons. The minimum absolute atomic E-state index is 0.157. The molecule has 1 aromatic heterocycles. The lowest BCUT2D eigenvalue weighted by molar-refractivity contribution is 0.0686. The van der Waals surface area contributed by atoms with Gasteiger partial charge in [0.2, 0.25) is 0 Å². The van der Waals surface area contributed by atoms with Crippen LogP contribution in [0.5, 0.6) is 11.5 Å². The van der Waals surface area contributed by atoms with Crippen molar-refractivity contribution < 1.29 is 23.9 Å². The standard InChI is InChI=1S/C13H13NO5S/c1-17-9-6-12(20-3)11(18-2)4-7(9)10-5-8(13(15)16)14-19-10/h4-6H,1-3H3,(H,15,16). The molecule has 1 aromatic carbocycles. The van der Waals surface area contributed by atoms with Gasteiger partial charge in [-0.05, 0) is 18.4 Å². The first-order chi connectivity index (χ1) is 9.60. The minimum Gasteiger partial charge on any atom is -0.496 e. The molecule has 0 radical (unpaired) electrons. The quantitative estimate of drug-likeness (QED) is 0.849. The van der Waals surface area contributed by atoms with Crippen molar-refractivity contribution in [3.63, 3.8) is 0 Å². The number of benzene rings is 1. The Bertz CT molecular complexity index is 638. The van der Waals surface area contributed by atoms with Gasteiger partial charge in [0.15, 0.2) is 11.5 Å². The molecule has 7 heteroatoms. The molecule has 0 spiro atoms. The first-order valence-electron chi connectivity index (χ1n) is 5.61. The van der Waals surface area contributed by atoms with Gasteiger partial charge in [-0.2, -0.15) is 0 Å². The van der Waals surface area contributed by atoms with E-state index in [2.05, 4.69) is 5.16 Å². The Kier molecular flexibility index (Phi) is 4.19. The largest absolute Gasteiger partial charge is 0.496 e. The van der Waals surface area contributed by atoms with E-state index in [9.17, 15) is 4.79 Å². The van der Waals surface area contributed by atoms with Crippen molar-refractivity contribution in [2.75, 3.05) is 20.5 Å². The molecule has 2 aromatic rings. The second-order valence-electron chi connectivity index (χ2n) is 3.79. The molecular formula is C13H13NO5S. The maximum atomic E-state index is 10.8. The highest BCUT2D eigenvalue weighted by Gasteiger charge is 2.18. The van der Waals surface area contributed by atoms with Gasteiger partial charge in [-0.15, -0.1) is 11.8 Å². The molecule has 0 bridgehead atoms. The van der Waals surface area contributed by atoms with Crippen LogP contribution in [0.3, 0.4) is 0 Å². The Morgan fingerprint density at radius 1 is 1.25 bits per heavy atom. The third kappa shape index (κ3) is 2.57. The summed E-state index contributed by atoms with van der Waals surface area (Å²) in [7, 11) is 3.10. The lowest BCUT2D eigenvalue weighted by Crippen LogP contribution is -1.95. The number of hydrogen-bond donors (Lipinski definition) is 1. The number of thioether (sulfide) groups is 1. The van der Waals surface area contributed by atoms with Crippen molar-refractivity contribution in [2.45, 2.75) is 4.90 Å². The summed E-state index contributed by atoms with van der Waals surface area (Å²) in [5, 5.41) is 12.4. The zero-order valence-electron chi connectivity index (χ0n) is 11.2. The Labute approximate surface area is 119 Å². The number of hydrogen-bond acceptors (Lipinski definition) is 6. The SMILES string of the molecule is COc1cc(-c2cc(C(=O)O)no2)c(OC)cc1SC. The van der Waals surface area contributed by atoms with Crippen LogP contribution in [-0.2, 0) is 0 Å². The Morgan fingerprint density at radius 2 is 1.95 bits per heavy atom. The Balaban J connectivity index is 2.56. The molecule has 0 atom stereocenters. The number of ether oxygens (including phenoxy) is 2. The van der Waals surface area contributed by atoms with Crippen LogP contribution < -0.4 is 9.47 Å². The molecule has 0 aliphatic heterocycles. The molecule has 0 saturated heterocycles. The monoisotopic (exact) mass is 295 g/mol. The van der Waals surface area contributed by atoms with E-state index in [0.717, 1.165) is 4.90 Å². The fraction of sp³-hybridized carbons (Fsp3) is 0.231. The van der Waals surface area contributed by atoms with Gasteiger partial charge in [0, 0.05) is 6.07 Å². The van der Waals surface area contributed by atoms with Crippen molar-refractivity contribution in [1.82, 2.24) is 5.16 Å². The van der Waals surface area contributed by atoms with E-state index in [4.69, 9.17) is 19.1 Å². The Morgan fingerprint density at radius 3 is 2.45 bits per heavy atom. The molecule has 0 fully saturated rings.